The van der Waals surface area contributed by atoms with Gasteiger partial charge in [-0.05, 0) is 33.6 Å². The maximum absolute atomic E-state index is 10.0. The maximum Gasteiger partial charge on any atom is 0.0807 e. The summed E-state index contributed by atoms with van der Waals surface area (Å²) in [5, 5.41) is 46.9. The Labute approximate surface area is 132 Å². The molecule has 0 heterocycles. The van der Waals surface area contributed by atoms with E-state index in [4.69, 9.17) is 14.6 Å². The zero-order valence-corrected chi connectivity index (χ0v) is 13.8. The largest absolute Gasteiger partial charge is 0.396 e. The second-order valence-corrected chi connectivity index (χ2v) is 6.11. The van der Waals surface area contributed by atoms with E-state index in [0.717, 1.165) is 0 Å². The Morgan fingerprint density at radius 3 is 1.86 bits per heavy atom. The van der Waals surface area contributed by atoms with E-state index >= 15 is 0 Å². The second kappa shape index (κ2) is 11.3. The Hall–Kier alpha value is -0.280. The van der Waals surface area contributed by atoms with Crippen molar-refractivity contribution in [2.75, 3.05) is 33.0 Å². The van der Waals surface area contributed by atoms with Crippen LogP contribution in [0, 0.1) is 5.41 Å². The van der Waals surface area contributed by atoms with Crippen molar-refractivity contribution in [3.63, 3.8) is 0 Å². The molecule has 0 rings (SSSR count). The number of hydrogen-bond donors (Lipinski definition) is 5. The van der Waals surface area contributed by atoms with Gasteiger partial charge in [-0.2, -0.15) is 0 Å². The SMILES string of the molecule is CC(O)COC(C)COC(C)C(O)CCC(CO)(CO)CO. The van der Waals surface area contributed by atoms with Crippen molar-refractivity contribution >= 4 is 0 Å². The van der Waals surface area contributed by atoms with E-state index in [2.05, 4.69) is 0 Å². The van der Waals surface area contributed by atoms with Crippen LogP contribution >= 0.6 is 0 Å². The van der Waals surface area contributed by atoms with Crippen LogP contribution in [0.1, 0.15) is 33.6 Å². The maximum atomic E-state index is 10.0. The Kier molecular flexibility index (Phi) is 11.1. The number of rotatable bonds is 13. The molecule has 0 saturated heterocycles. The predicted octanol–water partition coefficient (Wildman–Crippen LogP) is -0.718. The van der Waals surface area contributed by atoms with E-state index in [1.807, 2.05) is 6.92 Å². The van der Waals surface area contributed by atoms with Crippen molar-refractivity contribution in [1.29, 1.82) is 0 Å². The lowest BCUT2D eigenvalue weighted by Gasteiger charge is -2.29. The first-order valence-corrected chi connectivity index (χ1v) is 7.72. The van der Waals surface area contributed by atoms with E-state index in [-0.39, 0.29) is 39.1 Å². The van der Waals surface area contributed by atoms with Gasteiger partial charge >= 0.3 is 0 Å². The van der Waals surface area contributed by atoms with Gasteiger partial charge in [-0.25, -0.2) is 0 Å². The molecule has 0 amide bonds. The number of aliphatic hydroxyl groups is 5. The van der Waals surface area contributed by atoms with Gasteiger partial charge in [0.05, 0.1) is 57.5 Å². The van der Waals surface area contributed by atoms with Crippen molar-refractivity contribution in [1.82, 2.24) is 0 Å². The lowest BCUT2D eigenvalue weighted by atomic mass is 9.84. The standard InChI is InChI=1S/C15H32O7/c1-11(19)6-21-12(2)7-22-13(3)14(20)4-5-15(8-16,9-17)10-18/h11-14,16-20H,4-10H2,1-3H3. The number of aliphatic hydroxyl groups excluding tert-OH is 5. The minimum absolute atomic E-state index is 0.198. The molecule has 0 radical (unpaired) electrons. The van der Waals surface area contributed by atoms with Crippen molar-refractivity contribution in [3.8, 4) is 0 Å². The zero-order chi connectivity index (χ0) is 17.2. The van der Waals surface area contributed by atoms with Gasteiger partial charge in [0.1, 0.15) is 0 Å². The molecular weight excluding hydrogens is 292 g/mol. The quantitative estimate of drug-likeness (QED) is 0.303. The molecule has 0 aliphatic heterocycles. The molecule has 0 aromatic carbocycles. The van der Waals surface area contributed by atoms with Crippen molar-refractivity contribution in [2.24, 2.45) is 5.41 Å². The van der Waals surface area contributed by atoms with Gasteiger partial charge in [-0.3, -0.25) is 0 Å². The average Bonchev–Trinajstić information content (AvgIpc) is 2.52. The first-order valence-electron chi connectivity index (χ1n) is 7.72. The van der Waals surface area contributed by atoms with Crippen LogP contribution in [-0.4, -0.2) is 83.0 Å². The summed E-state index contributed by atoms with van der Waals surface area (Å²) >= 11 is 0. The molecule has 0 aliphatic carbocycles. The van der Waals surface area contributed by atoms with Crippen molar-refractivity contribution in [2.45, 2.75) is 58.0 Å². The normalized spacial score (nSPS) is 18.0. The van der Waals surface area contributed by atoms with E-state index in [1.165, 1.54) is 0 Å². The summed E-state index contributed by atoms with van der Waals surface area (Å²) in [4.78, 5) is 0. The van der Waals surface area contributed by atoms with Gasteiger partial charge in [-0.1, -0.05) is 0 Å². The van der Waals surface area contributed by atoms with Gasteiger partial charge in [0.2, 0.25) is 0 Å². The highest BCUT2D eigenvalue weighted by Gasteiger charge is 2.29. The van der Waals surface area contributed by atoms with E-state index in [0.29, 0.717) is 12.8 Å². The average molecular weight is 324 g/mol. The lowest BCUT2D eigenvalue weighted by Crippen LogP contribution is -2.37. The fourth-order valence-electron chi connectivity index (χ4n) is 1.83. The summed E-state index contributed by atoms with van der Waals surface area (Å²) in [6, 6.07) is 0. The summed E-state index contributed by atoms with van der Waals surface area (Å²) in [5.74, 6) is 0. The van der Waals surface area contributed by atoms with Crippen LogP contribution in [0.4, 0.5) is 0 Å². The summed E-state index contributed by atoms with van der Waals surface area (Å²) in [6.45, 7) is 4.67. The summed E-state index contributed by atoms with van der Waals surface area (Å²) in [6.07, 6.45) is -1.35. The first-order chi connectivity index (χ1) is 10.3. The van der Waals surface area contributed by atoms with Gasteiger partial charge < -0.3 is 35.0 Å². The van der Waals surface area contributed by atoms with E-state index in [1.54, 1.807) is 13.8 Å². The molecule has 5 N–H and O–H groups in total. The summed E-state index contributed by atoms with van der Waals surface area (Å²) in [5.41, 5.74) is -0.978. The van der Waals surface area contributed by atoms with Gasteiger partial charge in [0, 0.05) is 5.41 Å². The van der Waals surface area contributed by atoms with Gasteiger partial charge in [-0.15, -0.1) is 0 Å². The van der Waals surface area contributed by atoms with Crippen LogP contribution in [0.25, 0.3) is 0 Å². The van der Waals surface area contributed by atoms with Crippen LogP contribution in [0.15, 0.2) is 0 Å². The predicted molar refractivity (Wildman–Crippen MR) is 81.4 cm³/mol. The highest BCUT2D eigenvalue weighted by Crippen LogP contribution is 2.24. The fourth-order valence-corrected chi connectivity index (χ4v) is 1.83. The minimum atomic E-state index is -0.978. The number of hydrogen-bond acceptors (Lipinski definition) is 7. The lowest BCUT2D eigenvalue weighted by molar-refractivity contribution is -0.0877. The highest BCUT2D eigenvalue weighted by molar-refractivity contribution is 4.79. The molecule has 7 heteroatoms. The van der Waals surface area contributed by atoms with Gasteiger partial charge in [0.25, 0.3) is 0 Å². The van der Waals surface area contributed by atoms with Crippen LogP contribution in [0.2, 0.25) is 0 Å². The third-order valence-electron chi connectivity index (χ3n) is 3.73. The Bertz CT molecular complexity index is 260. The molecule has 7 nitrogen and oxygen atoms in total. The molecule has 0 spiro atoms. The van der Waals surface area contributed by atoms with Crippen LogP contribution in [-0.2, 0) is 9.47 Å². The molecule has 4 atom stereocenters. The smallest absolute Gasteiger partial charge is 0.0807 e. The number of ether oxygens (including phenoxy) is 2. The summed E-state index contributed by atoms with van der Waals surface area (Å²) < 4.78 is 10.9. The topological polar surface area (TPSA) is 120 Å². The molecule has 0 aliphatic rings. The molecule has 22 heavy (non-hydrogen) atoms. The summed E-state index contributed by atoms with van der Waals surface area (Å²) in [7, 11) is 0. The molecule has 0 fully saturated rings. The van der Waals surface area contributed by atoms with E-state index < -0.39 is 23.7 Å². The van der Waals surface area contributed by atoms with E-state index in [9.17, 15) is 20.4 Å². The monoisotopic (exact) mass is 324 g/mol. The van der Waals surface area contributed by atoms with Gasteiger partial charge in [0.15, 0.2) is 0 Å². The first kappa shape index (κ1) is 21.7. The third kappa shape index (κ3) is 8.38. The molecule has 4 unspecified atom stereocenters. The second-order valence-electron chi connectivity index (χ2n) is 6.11. The molecular formula is C15H32O7. The molecule has 0 aromatic rings. The van der Waals surface area contributed by atoms with Crippen molar-refractivity contribution < 1.29 is 35.0 Å². The Morgan fingerprint density at radius 1 is 0.864 bits per heavy atom. The molecule has 134 valence electrons. The van der Waals surface area contributed by atoms with Crippen LogP contribution in [0.3, 0.4) is 0 Å². The molecule has 0 bridgehead atoms. The highest BCUT2D eigenvalue weighted by atomic mass is 16.5. The van der Waals surface area contributed by atoms with Crippen molar-refractivity contribution in [3.05, 3.63) is 0 Å². The minimum Gasteiger partial charge on any atom is -0.396 e. The Morgan fingerprint density at radius 2 is 1.41 bits per heavy atom. The van der Waals surface area contributed by atoms with Crippen LogP contribution < -0.4 is 0 Å². The fraction of sp³-hybridized carbons (Fsp3) is 1.00. The van der Waals surface area contributed by atoms with Crippen LogP contribution in [0.5, 0.6) is 0 Å². The zero-order valence-electron chi connectivity index (χ0n) is 13.8. The third-order valence-corrected chi connectivity index (χ3v) is 3.73. The molecule has 0 aromatic heterocycles. The molecule has 0 saturated carbocycles. The Balaban J connectivity index is 4.08.